The molecule has 1 aliphatic carbocycles. The molecule has 1 heterocycles. The van der Waals surface area contributed by atoms with E-state index in [0.717, 1.165) is 12.2 Å². The zero-order valence-electron chi connectivity index (χ0n) is 8.50. The fourth-order valence-electron chi connectivity index (χ4n) is 1.71. The molecule has 0 spiro atoms. The first-order chi connectivity index (χ1) is 7.26. The van der Waals surface area contributed by atoms with E-state index in [2.05, 4.69) is 16.9 Å². The zero-order chi connectivity index (χ0) is 10.8. The molecular weight excluding hydrogens is 194 g/mol. The van der Waals surface area contributed by atoms with Crippen molar-refractivity contribution in [2.45, 2.75) is 25.3 Å². The monoisotopic (exact) mass is 207 g/mol. The van der Waals surface area contributed by atoms with Gasteiger partial charge in [0, 0.05) is 10.8 Å². The van der Waals surface area contributed by atoms with Gasteiger partial charge in [-0.1, -0.05) is 12.0 Å². The summed E-state index contributed by atoms with van der Waals surface area (Å²) in [6.07, 6.45) is 1.15. The zero-order valence-corrected chi connectivity index (χ0v) is 8.50. The van der Waals surface area contributed by atoms with E-state index in [0.29, 0.717) is 17.6 Å². The fourth-order valence-corrected chi connectivity index (χ4v) is 1.71. The van der Waals surface area contributed by atoms with Crippen molar-refractivity contribution in [3.63, 3.8) is 0 Å². The van der Waals surface area contributed by atoms with Crippen LogP contribution in [0.5, 0.6) is 0 Å². The third kappa shape index (κ3) is 1.98. The second-order valence-corrected chi connectivity index (χ2v) is 3.96. The number of hydrogen-bond acceptors (Lipinski definition) is 3. The lowest BCUT2D eigenvalue weighted by Gasteiger charge is -2.02. The summed E-state index contributed by atoms with van der Waals surface area (Å²) in [5.74, 6) is 2.66. The Bertz CT molecular complexity index is 395. The van der Waals surface area contributed by atoms with E-state index in [9.17, 15) is 0 Å². The van der Waals surface area contributed by atoms with Gasteiger partial charge in [-0.05, 0) is 30.0 Å². The summed E-state index contributed by atoms with van der Waals surface area (Å²) < 4.78 is 5.56. The van der Waals surface area contributed by atoms with Crippen molar-refractivity contribution in [1.29, 1.82) is 0 Å². The van der Waals surface area contributed by atoms with Gasteiger partial charge >= 0.3 is 0 Å². The van der Waals surface area contributed by atoms with E-state index in [1.165, 1.54) is 0 Å². The minimum absolute atomic E-state index is 0.225. The highest BCUT2D eigenvalue weighted by Crippen LogP contribution is 2.47. The third-order valence-electron chi connectivity index (χ3n) is 2.81. The lowest BCUT2D eigenvalue weighted by atomic mass is 10.2. The molecule has 0 aromatic carbocycles. The standard InChI is InChI=1S/C10H13N3O2/c1-6-4-7(6)9-2-3-10(15-9)8(5-14)12-13-11/h2-3,6-8,14H,4-5H2,1H3. The molecular formula is C10H13N3O2. The van der Waals surface area contributed by atoms with Gasteiger partial charge in [0.1, 0.15) is 17.6 Å². The van der Waals surface area contributed by atoms with Gasteiger partial charge in [0.25, 0.3) is 0 Å². The predicted octanol–water partition coefficient (Wildman–Crippen LogP) is 2.75. The van der Waals surface area contributed by atoms with Gasteiger partial charge in [0.05, 0.1) is 6.61 Å². The first-order valence-corrected chi connectivity index (χ1v) is 5.01. The van der Waals surface area contributed by atoms with Crippen LogP contribution in [0.25, 0.3) is 10.4 Å². The molecule has 0 amide bonds. The van der Waals surface area contributed by atoms with Crippen molar-refractivity contribution in [3.8, 4) is 0 Å². The van der Waals surface area contributed by atoms with E-state index in [-0.39, 0.29) is 6.61 Å². The molecule has 1 aromatic rings. The highest BCUT2D eigenvalue weighted by atomic mass is 16.3. The summed E-state index contributed by atoms with van der Waals surface area (Å²) in [6.45, 7) is 1.95. The molecule has 5 nitrogen and oxygen atoms in total. The van der Waals surface area contributed by atoms with E-state index in [4.69, 9.17) is 15.1 Å². The van der Waals surface area contributed by atoms with Gasteiger partial charge in [-0.25, -0.2) is 0 Å². The van der Waals surface area contributed by atoms with Crippen LogP contribution < -0.4 is 0 Å². The van der Waals surface area contributed by atoms with Crippen LogP contribution in [0, 0.1) is 5.92 Å². The Morgan fingerprint density at radius 3 is 3.00 bits per heavy atom. The number of azide groups is 1. The van der Waals surface area contributed by atoms with Gasteiger partial charge in [0.15, 0.2) is 0 Å². The molecule has 1 aromatic heterocycles. The van der Waals surface area contributed by atoms with E-state index in [1.54, 1.807) is 6.07 Å². The number of rotatable bonds is 4. The van der Waals surface area contributed by atoms with Gasteiger partial charge in [0.2, 0.25) is 0 Å². The average Bonchev–Trinajstić information content (AvgIpc) is 2.80. The Morgan fingerprint density at radius 2 is 2.47 bits per heavy atom. The van der Waals surface area contributed by atoms with Gasteiger partial charge in [-0.2, -0.15) is 0 Å². The lowest BCUT2D eigenvalue weighted by molar-refractivity contribution is 0.249. The van der Waals surface area contributed by atoms with Crippen LogP contribution in [0.1, 0.15) is 36.8 Å². The number of furan rings is 1. The molecule has 0 saturated heterocycles. The topological polar surface area (TPSA) is 82.1 Å². The molecule has 1 aliphatic rings. The first-order valence-electron chi connectivity index (χ1n) is 5.01. The van der Waals surface area contributed by atoms with E-state index >= 15 is 0 Å². The van der Waals surface area contributed by atoms with E-state index in [1.807, 2.05) is 6.07 Å². The summed E-state index contributed by atoms with van der Waals surface area (Å²) in [7, 11) is 0. The van der Waals surface area contributed by atoms with Crippen LogP contribution in [0.2, 0.25) is 0 Å². The van der Waals surface area contributed by atoms with Crippen LogP contribution in [0.4, 0.5) is 0 Å². The molecule has 0 aliphatic heterocycles. The van der Waals surface area contributed by atoms with Crippen molar-refractivity contribution in [3.05, 3.63) is 34.1 Å². The summed E-state index contributed by atoms with van der Waals surface area (Å²) in [6, 6.07) is 3.08. The molecule has 1 N–H and O–H groups in total. The number of hydrogen-bond donors (Lipinski definition) is 1. The highest BCUT2D eigenvalue weighted by Gasteiger charge is 2.36. The first kappa shape index (κ1) is 10.1. The fraction of sp³-hybridized carbons (Fsp3) is 0.600. The second-order valence-electron chi connectivity index (χ2n) is 3.96. The van der Waals surface area contributed by atoms with Crippen molar-refractivity contribution < 1.29 is 9.52 Å². The molecule has 3 unspecified atom stereocenters. The summed E-state index contributed by atoms with van der Waals surface area (Å²) in [5.41, 5.74) is 8.31. The number of aliphatic hydroxyl groups is 1. The van der Waals surface area contributed by atoms with Crippen molar-refractivity contribution in [2.24, 2.45) is 11.0 Å². The van der Waals surface area contributed by atoms with Crippen LogP contribution in [-0.4, -0.2) is 11.7 Å². The Labute approximate surface area is 87.3 Å². The normalized spacial score (nSPS) is 25.7. The minimum atomic E-state index is -0.599. The molecule has 80 valence electrons. The second kappa shape index (κ2) is 3.96. The molecule has 3 atom stereocenters. The summed E-state index contributed by atoms with van der Waals surface area (Å²) in [5, 5.41) is 12.5. The molecule has 5 heteroatoms. The van der Waals surface area contributed by atoms with Crippen LogP contribution >= 0.6 is 0 Å². The maximum atomic E-state index is 9.00. The number of nitrogens with zero attached hydrogens (tertiary/aromatic N) is 3. The molecule has 1 saturated carbocycles. The molecule has 1 fully saturated rings. The average molecular weight is 207 g/mol. The molecule has 0 radical (unpaired) electrons. The Morgan fingerprint density at radius 1 is 1.73 bits per heavy atom. The quantitative estimate of drug-likeness (QED) is 0.467. The molecule has 2 rings (SSSR count). The van der Waals surface area contributed by atoms with Crippen molar-refractivity contribution >= 4 is 0 Å². The number of aliphatic hydroxyl groups excluding tert-OH is 1. The molecule has 15 heavy (non-hydrogen) atoms. The van der Waals surface area contributed by atoms with E-state index < -0.39 is 6.04 Å². The van der Waals surface area contributed by atoms with Crippen molar-refractivity contribution in [1.82, 2.24) is 0 Å². The highest BCUT2D eigenvalue weighted by molar-refractivity contribution is 5.19. The smallest absolute Gasteiger partial charge is 0.118 e. The van der Waals surface area contributed by atoms with Crippen molar-refractivity contribution in [2.75, 3.05) is 6.61 Å². The third-order valence-corrected chi connectivity index (χ3v) is 2.81. The summed E-state index contributed by atoms with van der Waals surface area (Å²) in [4.78, 5) is 2.67. The summed E-state index contributed by atoms with van der Waals surface area (Å²) >= 11 is 0. The van der Waals surface area contributed by atoms with Crippen LogP contribution in [0.15, 0.2) is 21.7 Å². The van der Waals surface area contributed by atoms with Gasteiger partial charge in [-0.3, -0.25) is 0 Å². The lowest BCUT2D eigenvalue weighted by Crippen LogP contribution is -1.97. The molecule has 0 bridgehead atoms. The largest absolute Gasteiger partial charge is 0.465 e. The van der Waals surface area contributed by atoms with Crippen LogP contribution in [0.3, 0.4) is 0 Å². The Kier molecular flexibility index (Phi) is 2.66. The SMILES string of the molecule is CC1CC1c1ccc(C(CO)N=[N+]=[N-])o1. The minimum Gasteiger partial charge on any atom is -0.465 e. The Hall–Kier alpha value is -1.45. The Balaban J connectivity index is 2.14. The maximum absolute atomic E-state index is 9.00. The van der Waals surface area contributed by atoms with Crippen LogP contribution in [-0.2, 0) is 0 Å². The van der Waals surface area contributed by atoms with Gasteiger partial charge in [-0.15, -0.1) is 0 Å². The maximum Gasteiger partial charge on any atom is 0.118 e. The predicted molar refractivity (Wildman–Crippen MR) is 54.2 cm³/mol. The van der Waals surface area contributed by atoms with Gasteiger partial charge < -0.3 is 9.52 Å².